The van der Waals surface area contributed by atoms with Crippen LogP contribution in [0.1, 0.15) is 33.3 Å². The first-order valence-corrected chi connectivity index (χ1v) is 9.40. The van der Waals surface area contributed by atoms with Crippen molar-refractivity contribution >= 4 is 22.5 Å². The number of fused-ring (bicyclic) bond motifs is 1. The molecular formula is C22H24N3O2+. The number of carbonyl (C=O) groups excluding carboxylic acids is 2. The zero-order chi connectivity index (χ0) is 18.8. The number of hydrogen-bond acceptors (Lipinski definition) is 2. The number of nitrogens with one attached hydrogen (secondary N) is 2. The second-order valence-electron chi connectivity index (χ2n) is 7.22. The molecule has 0 atom stereocenters. The molecule has 0 saturated carbocycles. The molecule has 5 heteroatoms. The van der Waals surface area contributed by atoms with Gasteiger partial charge in [-0.15, -0.1) is 0 Å². The first kappa shape index (κ1) is 17.5. The molecule has 0 spiro atoms. The van der Waals surface area contributed by atoms with E-state index in [-0.39, 0.29) is 11.7 Å². The molecule has 2 aromatic carbocycles. The second-order valence-corrected chi connectivity index (χ2v) is 7.22. The summed E-state index contributed by atoms with van der Waals surface area (Å²) in [6.07, 6.45) is 1.61. The summed E-state index contributed by atoms with van der Waals surface area (Å²) in [6, 6.07) is 16.6. The van der Waals surface area contributed by atoms with Gasteiger partial charge in [0.15, 0.2) is 5.78 Å². The van der Waals surface area contributed by atoms with E-state index in [0.717, 1.165) is 32.7 Å². The van der Waals surface area contributed by atoms with Gasteiger partial charge in [-0.3, -0.25) is 9.59 Å². The maximum Gasteiger partial charge on any atom is 0.270 e. The minimum Gasteiger partial charge on any atom is -0.356 e. The van der Waals surface area contributed by atoms with Crippen molar-refractivity contribution in [1.82, 2.24) is 9.88 Å². The van der Waals surface area contributed by atoms with Crippen molar-refractivity contribution in [2.24, 2.45) is 0 Å². The molecule has 1 fully saturated rings. The number of benzene rings is 2. The summed E-state index contributed by atoms with van der Waals surface area (Å²) in [4.78, 5) is 30.4. The van der Waals surface area contributed by atoms with Crippen LogP contribution < -0.4 is 4.90 Å². The van der Waals surface area contributed by atoms with E-state index < -0.39 is 0 Å². The van der Waals surface area contributed by atoms with E-state index in [1.165, 1.54) is 28.2 Å². The lowest BCUT2D eigenvalue weighted by atomic mass is 10.0. The zero-order valence-corrected chi connectivity index (χ0v) is 15.5. The minimum absolute atomic E-state index is 0.0216. The van der Waals surface area contributed by atoms with Crippen LogP contribution in [0, 0.1) is 0 Å². The summed E-state index contributed by atoms with van der Waals surface area (Å²) >= 11 is 0. The molecule has 0 unspecified atom stereocenters. The fraction of sp³-hybridized carbons (Fsp3) is 0.273. The van der Waals surface area contributed by atoms with Crippen molar-refractivity contribution in [3.8, 4) is 0 Å². The lowest BCUT2D eigenvalue weighted by molar-refractivity contribution is -0.917. The van der Waals surface area contributed by atoms with Gasteiger partial charge in [-0.2, -0.15) is 0 Å². The number of aromatic nitrogens is 1. The average molecular weight is 362 g/mol. The van der Waals surface area contributed by atoms with Crippen LogP contribution in [-0.2, 0) is 6.54 Å². The van der Waals surface area contributed by atoms with Crippen molar-refractivity contribution in [1.29, 1.82) is 0 Å². The van der Waals surface area contributed by atoms with Gasteiger partial charge >= 0.3 is 0 Å². The number of H-pyrrole nitrogens is 1. The Kier molecular flexibility index (Phi) is 4.77. The normalized spacial score (nSPS) is 15.2. The van der Waals surface area contributed by atoms with E-state index in [4.69, 9.17) is 0 Å². The Balaban J connectivity index is 1.40. The number of Topliss-reactive ketones (excluding diaryl/α,β-unsaturated/α-hetero) is 1. The fourth-order valence-corrected chi connectivity index (χ4v) is 3.81. The van der Waals surface area contributed by atoms with Gasteiger partial charge in [0, 0.05) is 17.3 Å². The molecule has 4 rings (SSSR count). The first-order valence-electron chi connectivity index (χ1n) is 9.40. The summed E-state index contributed by atoms with van der Waals surface area (Å²) in [5.41, 5.74) is 2.41. The number of hydrogen-bond donors (Lipinski definition) is 2. The number of amides is 1. The van der Waals surface area contributed by atoms with E-state index in [9.17, 15) is 9.59 Å². The van der Waals surface area contributed by atoms with Gasteiger partial charge in [0.1, 0.15) is 12.2 Å². The van der Waals surface area contributed by atoms with Gasteiger partial charge in [-0.1, -0.05) is 42.5 Å². The highest BCUT2D eigenvalue weighted by Crippen LogP contribution is 2.17. The number of carbonyl (C=O) groups is 2. The molecule has 1 saturated heterocycles. The Bertz CT molecular complexity index is 979. The SMILES string of the molecule is CC(=O)c1c[nH]c(C(=O)N2CC[NH+](Cc3cccc4ccccc34)CC2)c1. The van der Waals surface area contributed by atoms with Crippen LogP contribution in [0.3, 0.4) is 0 Å². The molecular weight excluding hydrogens is 338 g/mol. The molecule has 27 heavy (non-hydrogen) atoms. The van der Waals surface area contributed by atoms with Gasteiger partial charge in [0.25, 0.3) is 5.91 Å². The van der Waals surface area contributed by atoms with E-state index in [1.807, 2.05) is 4.90 Å². The highest BCUT2D eigenvalue weighted by molar-refractivity contribution is 5.99. The van der Waals surface area contributed by atoms with Crippen LogP contribution in [-0.4, -0.2) is 47.8 Å². The third-order valence-electron chi connectivity index (χ3n) is 5.40. The van der Waals surface area contributed by atoms with Crippen molar-refractivity contribution in [2.45, 2.75) is 13.5 Å². The third-order valence-corrected chi connectivity index (χ3v) is 5.40. The zero-order valence-electron chi connectivity index (χ0n) is 15.5. The summed E-state index contributed by atoms with van der Waals surface area (Å²) in [7, 11) is 0. The van der Waals surface area contributed by atoms with Gasteiger partial charge in [-0.25, -0.2) is 0 Å². The monoisotopic (exact) mass is 362 g/mol. The smallest absolute Gasteiger partial charge is 0.270 e. The van der Waals surface area contributed by atoms with Crippen LogP contribution in [0.25, 0.3) is 10.8 Å². The largest absolute Gasteiger partial charge is 0.356 e. The summed E-state index contributed by atoms with van der Waals surface area (Å²) in [6.45, 7) is 5.79. The summed E-state index contributed by atoms with van der Waals surface area (Å²) in [5.74, 6) is -0.0543. The Labute approximate surface area is 158 Å². The molecule has 2 N–H and O–H groups in total. The van der Waals surface area contributed by atoms with E-state index in [1.54, 1.807) is 12.3 Å². The Hall–Kier alpha value is -2.92. The minimum atomic E-state index is -0.0327. The van der Waals surface area contributed by atoms with Crippen LogP contribution in [0.2, 0.25) is 0 Å². The van der Waals surface area contributed by atoms with E-state index >= 15 is 0 Å². The van der Waals surface area contributed by atoms with Gasteiger partial charge in [0.05, 0.1) is 26.2 Å². The fourth-order valence-electron chi connectivity index (χ4n) is 3.81. The maximum atomic E-state index is 12.6. The third kappa shape index (κ3) is 3.64. The molecule has 3 aromatic rings. The van der Waals surface area contributed by atoms with Crippen LogP contribution in [0.15, 0.2) is 54.7 Å². The lowest BCUT2D eigenvalue weighted by Crippen LogP contribution is -3.13. The molecule has 1 aliphatic heterocycles. The second kappa shape index (κ2) is 7.37. The van der Waals surface area contributed by atoms with Gasteiger partial charge in [-0.05, 0) is 23.8 Å². The first-order chi connectivity index (χ1) is 13.1. The molecule has 0 bridgehead atoms. The van der Waals surface area contributed by atoms with E-state index in [2.05, 4.69) is 47.4 Å². The summed E-state index contributed by atoms with van der Waals surface area (Å²) < 4.78 is 0. The molecule has 0 aliphatic carbocycles. The Morgan fingerprint density at radius 2 is 1.81 bits per heavy atom. The van der Waals surface area contributed by atoms with Crippen molar-refractivity contribution in [2.75, 3.05) is 26.2 Å². The van der Waals surface area contributed by atoms with Crippen LogP contribution in [0.5, 0.6) is 0 Å². The van der Waals surface area contributed by atoms with Crippen LogP contribution >= 0.6 is 0 Å². The molecule has 2 heterocycles. The predicted octanol–water partition coefficient (Wildman–Crippen LogP) is 1.91. The van der Waals surface area contributed by atoms with Gasteiger partial charge < -0.3 is 14.8 Å². The number of ketones is 1. The van der Waals surface area contributed by atoms with Crippen molar-refractivity contribution in [3.63, 3.8) is 0 Å². The predicted molar refractivity (Wildman–Crippen MR) is 105 cm³/mol. The number of nitrogens with zero attached hydrogens (tertiary/aromatic N) is 1. The van der Waals surface area contributed by atoms with Crippen molar-refractivity contribution < 1.29 is 14.5 Å². The summed E-state index contributed by atoms with van der Waals surface area (Å²) in [5, 5.41) is 2.59. The van der Waals surface area contributed by atoms with Crippen molar-refractivity contribution in [3.05, 3.63) is 71.5 Å². The molecule has 5 nitrogen and oxygen atoms in total. The lowest BCUT2D eigenvalue weighted by Gasteiger charge is -2.32. The highest BCUT2D eigenvalue weighted by atomic mass is 16.2. The molecule has 1 aromatic heterocycles. The molecule has 138 valence electrons. The van der Waals surface area contributed by atoms with Gasteiger partial charge in [0.2, 0.25) is 0 Å². The molecule has 1 aliphatic rings. The van der Waals surface area contributed by atoms with E-state index in [0.29, 0.717) is 11.3 Å². The highest BCUT2D eigenvalue weighted by Gasteiger charge is 2.26. The Morgan fingerprint density at radius 3 is 2.56 bits per heavy atom. The number of quaternary nitrogens is 1. The quantitative estimate of drug-likeness (QED) is 0.697. The van der Waals surface area contributed by atoms with Crippen LogP contribution in [0.4, 0.5) is 0 Å². The Morgan fingerprint density at radius 1 is 1.07 bits per heavy atom. The maximum absolute atomic E-state index is 12.6. The topological polar surface area (TPSA) is 57.6 Å². The average Bonchev–Trinajstić information content (AvgIpc) is 3.19. The number of aromatic amines is 1. The molecule has 1 amide bonds. The molecule has 0 radical (unpaired) electrons. The number of rotatable bonds is 4. The standard InChI is InChI=1S/C22H23N3O2/c1-16(26)19-13-21(23-14-19)22(27)25-11-9-24(10-12-25)15-18-7-4-6-17-5-2-3-8-20(17)18/h2-8,13-14,23H,9-12,15H2,1H3/p+1. The number of piperazine rings is 1.